The number of hydrogen-bond donors (Lipinski definition) is 1. The number of anilines is 1. The van der Waals surface area contributed by atoms with Crippen LogP contribution in [0.1, 0.15) is 18.5 Å². The molecule has 0 saturated carbocycles. The lowest BCUT2D eigenvalue weighted by Crippen LogP contribution is -2.08. The van der Waals surface area contributed by atoms with E-state index in [0.717, 1.165) is 5.56 Å². The molecule has 2 rings (SSSR count). The van der Waals surface area contributed by atoms with Crippen LogP contribution in [0, 0.1) is 10.1 Å². The molecule has 0 spiro atoms. The van der Waals surface area contributed by atoms with Crippen molar-refractivity contribution in [2.45, 2.75) is 13.0 Å². The highest BCUT2D eigenvalue weighted by molar-refractivity contribution is 6.29. The Morgan fingerprint density at radius 3 is 2.63 bits per heavy atom. The van der Waals surface area contributed by atoms with E-state index in [-0.39, 0.29) is 16.9 Å². The fourth-order valence-electron chi connectivity index (χ4n) is 1.71. The van der Waals surface area contributed by atoms with Gasteiger partial charge in [-0.15, -0.1) is 0 Å². The molecule has 2 aromatic rings. The minimum absolute atomic E-state index is 0.0215. The minimum Gasteiger partial charge on any atom is -0.363 e. The summed E-state index contributed by atoms with van der Waals surface area (Å²) in [5, 5.41) is 13.9. The number of halogens is 1. The monoisotopic (exact) mass is 277 g/mol. The second kappa shape index (κ2) is 5.67. The first-order chi connectivity index (χ1) is 9.06. The molecule has 1 N–H and O–H groups in total. The number of aromatic nitrogens is 1. The minimum atomic E-state index is -0.494. The summed E-state index contributed by atoms with van der Waals surface area (Å²) in [6.45, 7) is 1.95. The van der Waals surface area contributed by atoms with Gasteiger partial charge in [0.15, 0.2) is 0 Å². The molecule has 0 aliphatic rings. The van der Waals surface area contributed by atoms with Gasteiger partial charge in [0, 0.05) is 6.04 Å². The van der Waals surface area contributed by atoms with Crippen LogP contribution in [-0.2, 0) is 0 Å². The molecule has 1 unspecified atom stereocenters. The second-order valence-corrected chi connectivity index (χ2v) is 4.45. The van der Waals surface area contributed by atoms with Crippen LogP contribution >= 0.6 is 11.6 Å². The lowest BCUT2D eigenvalue weighted by atomic mass is 10.1. The smallest absolute Gasteiger partial charge is 0.276 e. The molecule has 1 heterocycles. The molecule has 0 amide bonds. The van der Waals surface area contributed by atoms with Crippen molar-refractivity contribution >= 4 is 23.1 Å². The largest absolute Gasteiger partial charge is 0.363 e. The third-order valence-corrected chi connectivity index (χ3v) is 2.85. The summed E-state index contributed by atoms with van der Waals surface area (Å²) in [6, 6.07) is 12.3. The van der Waals surface area contributed by atoms with Crippen molar-refractivity contribution in [2.75, 3.05) is 5.32 Å². The standard InChI is InChI=1S/C13H12ClN3O2/c1-9(10-5-3-2-4-6-10)15-13-8-11(17(18)19)7-12(14)16-13/h2-9H,1H3,(H,15,16). The first-order valence-electron chi connectivity index (χ1n) is 5.70. The van der Waals surface area contributed by atoms with Gasteiger partial charge in [-0.25, -0.2) is 4.98 Å². The fraction of sp³-hybridized carbons (Fsp3) is 0.154. The fourth-order valence-corrected chi connectivity index (χ4v) is 1.91. The van der Waals surface area contributed by atoms with Gasteiger partial charge in [-0.3, -0.25) is 10.1 Å². The Balaban J connectivity index is 2.21. The Bertz CT molecular complexity index is 590. The Morgan fingerprint density at radius 1 is 1.32 bits per heavy atom. The number of benzene rings is 1. The summed E-state index contributed by atoms with van der Waals surface area (Å²) in [6.07, 6.45) is 0. The van der Waals surface area contributed by atoms with Crippen LogP contribution in [-0.4, -0.2) is 9.91 Å². The van der Waals surface area contributed by atoms with Crippen LogP contribution in [0.4, 0.5) is 11.5 Å². The SMILES string of the molecule is CC(Nc1cc([N+](=O)[O-])cc(Cl)n1)c1ccccc1. The third kappa shape index (κ3) is 3.42. The van der Waals surface area contributed by atoms with Crippen molar-refractivity contribution in [3.05, 3.63) is 63.3 Å². The van der Waals surface area contributed by atoms with E-state index in [1.165, 1.54) is 12.1 Å². The lowest BCUT2D eigenvalue weighted by molar-refractivity contribution is -0.384. The van der Waals surface area contributed by atoms with E-state index in [2.05, 4.69) is 10.3 Å². The maximum atomic E-state index is 10.8. The quantitative estimate of drug-likeness (QED) is 0.524. The highest BCUT2D eigenvalue weighted by Crippen LogP contribution is 2.24. The molecular weight excluding hydrogens is 266 g/mol. The molecule has 0 saturated heterocycles. The maximum Gasteiger partial charge on any atom is 0.276 e. The highest BCUT2D eigenvalue weighted by atomic mass is 35.5. The zero-order valence-electron chi connectivity index (χ0n) is 10.2. The van der Waals surface area contributed by atoms with Crippen molar-refractivity contribution in [2.24, 2.45) is 0 Å². The average molecular weight is 278 g/mol. The molecule has 98 valence electrons. The summed E-state index contributed by atoms with van der Waals surface area (Å²) < 4.78 is 0. The predicted octanol–water partition coefficient (Wildman–Crippen LogP) is 3.82. The summed E-state index contributed by atoms with van der Waals surface area (Å²) in [7, 11) is 0. The topological polar surface area (TPSA) is 68.1 Å². The number of hydrogen-bond acceptors (Lipinski definition) is 4. The molecule has 0 radical (unpaired) electrons. The van der Waals surface area contributed by atoms with E-state index in [4.69, 9.17) is 11.6 Å². The first kappa shape index (κ1) is 13.3. The van der Waals surface area contributed by atoms with Gasteiger partial charge in [-0.05, 0) is 12.5 Å². The summed E-state index contributed by atoms with van der Waals surface area (Å²) in [5.74, 6) is 0.385. The van der Waals surface area contributed by atoms with Gasteiger partial charge in [-0.2, -0.15) is 0 Å². The van der Waals surface area contributed by atoms with Crippen molar-refractivity contribution in [3.63, 3.8) is 0 Å². The van der Waals surface area contributed by atoms with E-state index in [0.29, 0.717) is 5.82 Å². The number of nitro groups is 1. The number of pyridine rings is 1. The molecule has 5 nitrogen and oxygen atoms in total. The van der Waals surface area contributed by atoms with Gasteiger partial charge in [0.1, 0.15) is 11.0 Å². The lowest BCUT2D eigenvalue weighted by Gasteiger charge is -2.14. The second-order valence-electron chi connectivity index (χ2n) is 4.07. The van der Waals surface area contributed by atoms with Gasteiger partial charge in [-0.1, -0.05) is 41.9 Å². The van der Waals surface area contributed by atoms with Crippen LogP contribution in [0.5, 0.6) is 0 Å². The van der Waals surface area contributed by atoms with E-state index >= 15 is 0 Å². The van der Waals surface area contributed by atoms with Crippen LogP contribution in [0.25, 0.3) is 0 Å². The zero-order chi connectivity index (χ0) is 13.8. The Morgan fingerprint density at radius 2 is 2.00 bits per heavy atom. The molecule has 1 aromatic heterocycles. The van der Waals surface area contributed by atoms with Gasteiger partial charge in [0.05, 0.1) is 17.1 Å². The molecule has 6 heteroatoms. The van der Waals surface area contributed by atoms with Crippen molar-refractivity contribution in [1.82, 2.24) is 4.98 Å². The molecular formula is C13H12ClN3O2. The molecule has 0 fully saturated rings. The summed E-state index contributed by atoms with van der Waals surface area (Å²) in [5.41, 5.74) is 0.981. The molecule has 0 aliphatic heterocycles. The van der Waals surface area contributed by atoms with Gasteiger partial charge >= 0.3 is 0 Å². The number of nitrogens with zero attached hydrogens (tertiary/aromatic N) is 2. The van der Waals surface area contributed by atoms with Crippen LogP contribution < -0.4 is 5.32 Å². The van der Waals surface area contributed by atoms with Gasteiger partial charge < -0.3 is 5.32 Å². The number of rotatable bonds is 4. The van der Waals surface area contributed by atoms with E-state index in [1.54, 1.807) is 0 Å². The normalized spacial score (nSPS) is 11.9. The summed E-state index contributed by atoms with van der Waals surface area (Å²) >= 11 is 5.77. The van der Waals surface area contributed by atoms with Gasteiger partial charge in [0.25, 0.3) is 5.69 Å². The third-order valence-electron chi connectivity index (χ3n) is 2.65. The number of nitrogens with one attached hydrogen (secondary N) is 1. The van der Waals surface area contributed by atoms with Crippen molar-refractivity contribution in [1.29, 1.82) is 0 Å². The van der Waals surface area contributed by atoms with E-state index in [9.17, 15) is 10.1 Å². The maximum absolute atomic E-state index is 10.8. The van der Waals surface area contributed by atoms with E-state index in [1.807, 2.05) is 37.3 Å². The van der Waals surface area contributed by atoms with Gasteiger partial charge in [0.2, 0.25) is 0 Å². The molecule has 0 aliphatic carbocycles. The molecule has 19 heavy (non-hydrogen) atoms. The highest BCUT2D eigenvalue weighted by Gasteiger charge is 2.12. The van der Waals surface area contributed by atoms with Crippen LogP contribution in [0.15, 0.2) is 42.5 Å². The van der Waals surface area contributed by atoms with Crippen LogP contribution in [0.2, 0.25) is 5.15 Å². The predicted molar refractivity (Wildman–Crippen MR) is 74.4 cm³/mol. The van der Waals surface area contributed by atoms with Crippen LogP contribution in [0.3, 0.4) is 0 Å². The molecule has 0 bridgehead atoms. The van der Waals surface area contributed by atoms with Crippen molar-refractivity contribution in [3.8, 4) is 0 Å². The first-order valence-corrected chi connectivity index (χ1v) is 6.07. The zero-order valence-corrected chi connectivity index (χ0v) is 11.0. The van der Waals surface area contributed by atoms with E-state index < -0.39 is 4.92 Å². The summed E-state index contributed by atoms with van der Waals surface area (Å²) in [4.78, 5) is 14.3. The Labute approximate surface area is 115 Å². The molecule has 1 aromatic carbocycles. The Kier molecular flexibility index (Phi) is 3.97. The average Bonchev–Trinajstić information content (AvgIpc) is 2.39. The molecule has 1 atom stereocenters. The Hall–Kier alpha value is -2.14. The van der Waals surface area contributed by atoms with Crippen molar-refractivity contribution < 1.29 is 4.92 Å².